The van der Waals surface area contributed by atoms with Crippen LogP contribution in [0.5, 0.6) is 11.5 Å². The second-order valence-electron chi connectivity index (χ2n) is 8.37. The van der Waals surface area contributed by atoms with Gasteiger partial charge in [-0.3, -0.25) is 0 Å². The van der Waals surface area contributed by atoms with E-state index in [0.717, 1.165) is 35.8 Å². The van der Waals surface area contributed by atoms with E-state index in [-0.39, 0.29) is 6.03 Å². The summed E-state index contributed by atoms with van der Waals surface area (Å²) in [5.41, 5.74) is 3.71. The van der Waals surface area contributed by atoms with Gasteiger partial charge in [-0.15, -0.1) is 0 Å². The number of carbonyl (C=O) groups is 1. The predicted molar refractivity (Wildman–Crippen MR) is 131 cm³/mol. The number of nitrogens with one attached hydrogen (secondary N) is 2. The lowest BCUT2D eigenvalue weighted by Gasteiger charge is -2.22. The molecule has 0 spiro atoms. The van der Waals surface area contributed by atoms with Gasteiger partial charge in [0.2, 0.25) is 0 Å². The number of para-hydroxylation sites is 1. The quantitative estimate of drug-likeness (QED) is 0.537. The minimum atomic E-state index is -0.279. The van der Waals surface area contributed by atoms with E-state index in [4.69, 9.17) is 4.74 Å². The van der Waals surface area contributed by atoms with Crippen LogP contribution >= 0.6 is 0 Å². The molecule has 6 heteroatoms. The van der Waals surface area contributed by atoms with Crippen LogP contribution in [0.4, 0.5) is 21.9 Å². The van der Waals surface area contributed by atoms with Crippen molar-refractivity contribution < 1.29 is 9.53 Å². The number of anilines is 3. The molecule has 0 aliphatic carbocycles. The Balaban J connectivity index is 1.29. The predicted octanol–water partition coefficient (Wildman–Crippen LogP) is 5.57. The number of carbonyl (C=O) groups excluding carboxylic acids is 1. The van der Waals surface area contributed by atoms with Crippen LogP contribution in [0.25, 0.3) is 0 Å². The highest BCUT2D eigenvalue weighted by Crippen LogP contribution is 2.26. The second kappa shape index (κ2) is 9.75. The van der Waals surface area contributed by atoms with Crippen molar-refractivity contribution in [3.63, 3.8) is 0 Å². The van der Waals surface area contributed by atoms with Crippen molar-refractivity contribution in [1.29, 1.82) is 0 Å². The molecular formula is C26H30N4O2. The normalized spacial score (nSPS) is 15.6. The molecular weight excluding hydrogens is 400 g/mol. The highest BCUT2D eigenvalue weighted by Gasteiger charge is 2.23. The van der Waals surface area contributed by atoms with Gasteiger partial charge in [-0.05, 0) is 87.6 Å². The first-order valence-electron chi connectivity index (χ1n) is 10.9. The first-order valence-corrected chi connectivity index (χ1v) is 10.9. The van der Waals surface area contributed by atoms with Gasteiger partial charge < -0.3 is 25.2 Å². The number of rotatable bonds is 6. The SMILES string of the molecule is Cc1ccccc1Oc1ccc(NC(=O)Nc2ccc(N3CCC(N(C)C)C3)cc2)cc1. The fourth-order valence-electron chi connectivity index (χ4n) is 3.85. The monoisotopic (exact) mass is 430 g/mol. The average molecular weight is 431 g/mol. The average Bonchev–Trinajstić information content (AvgIpc) is 3.28. The van der Waals surface area contributed by atoms with Crippen LogP contribution in [0, 0.1) is 6.92 Å². The zero-order chi connectivity index (χ0) is 22.5. The Morgan fingerprint density at radius 2 is 1.56 bits per heavy atom. The summed E-state index contributed by atoms with van der Waals surface area (Å²) in [5, 5.41) is 5.75. The van der Waals surface area contributed by atoms with Crippen LogP contribution in [-0.2, 0) is 0 Å². The molecule has 1 aliphatic rings. The van der Waals surface area contributed by atoms with Gasteiger partial charge in [0.15, 0.2) is 0 Å². The first kappa shape index (κ1) is 21.7. The van der Waals surface area contributed by atoms with Crippen molar-refractivity contribution in [2.45, 2.75) is 19.4 Å². The highest BCUT2D eigenvalue weighted by atomic mass is 16.5. The molecule has 1 unspecified atom stereocenters. The zero-order valence-corrected chi connectivity index (χ0v) is 18.8. The number of ether oxygens (including phenoxy) is 1. The van der Waals surface area contributed by atoms with Gasteiger partial charge in [0.05, 0.1) is 0 Å². The summed E-state index contributed by atoms with van der Waals surface area (Å²) in [6.45, 7) is 4.09. The molecule has 0 saturated carbocycles. The largest absolute Gasteiger partial charge is 0.457 e. The Morgan fingerprint density at radius 1 is 0.938 bits per heavy atom. The summed E-state index contributed by atoms with van der Waals surface area (Å²) in [7, 11) is 4.26. The lowest BCUT2D eigenvalue weighted by Crippen LogP contribution is -2.31. The Labute approximate surface area is 189 Å². The number of hydrogen-bond acceptors (Lipinski definition) is 4. The minimum absolute atomic E-state index is 0.279. The summed E-state index contributed by atoms with van der Waals surface area (Å²) in [4.78, 5) is 17.1. The molecule has 0 radical (unpaired) electrons. The van der Waals surface area contributed by atoms with Crippen molar-refractivity contribution in [1.82, 2.24) is 4.90 Å². The van der Waals surface area contributed by atoms with Crippen LogP contribution in [0.3, 0.4) is 0 Å². The summed E-state index contributed by atoms with van der Waals surface area (Å²) in [6, 6.07) is 23.5. The van der Waals surface area contributed by atoms with Crippen molar-refractivity contribution in [3.8, 4) is 11.5 Å². The fourth-order valence-corrected chi connectivity index (χ4v) is 3.85. The van der Waals surface area contributed by atoms with E-state index in [2.05, 4.69) is 46.7 Å². The smallest absolute Gasteiger partial charge is 0.323 e. The maximum Gasteiger partial charge on any atom is 0.323 e. The van der Waals surface area contributed by atoms with Gasteiger partial charge in [-0.25, -0.2) is 4.79 Å². The second-order valence-corrected chi connectivity index (χ2v) is 8.37. The van der Waals surface area contributed by atoms with E-state index < -0.39 is 0 Å². The molecule has 6 nitrogen and oxygen atoms in total. The van der Waals surface area contributed by atoms with Crippen molar-refractivity contribution >= 4 is 23.1 Å². The molecule has 3 aromatic carbocycles. The van der Waals surface area contributed by atoms with Crippen LogP contribution in [0.15, 0.2) is 72.8 Å². The topological polar surface area (TPSA) is 56.8 Å². The van der Waals surface area contributed by atoms with Crippen LogP contribution in [0.1, 0.15) is 12.0 Å². The Bertz CT molecular complexity index is 1050. The molecule has 4 rings (SSSR count). The zero-order valence-electron chi connectivity index (χ0n) is 18.8. The number of hydrogen-bond donors (Lipinski definition) is 2. The first-order chi connectivity index (χ1) is 15.5. The van der Waals surface area contributed by atoms with E-state index in [9.17, 15) is 4.79 Å². The summed E-state index contributed by atoms with van der Waals surface area (Å²) < 4.78 is 5.90. The molecule has 1 fully saturated rings. The number of urea groups is 1. The molecule has 0 bridgehead atoms. The van der Waals surface area contributed by atoms with Gasteiger partial charge in [-0.2, -0.15) is 0 Å². The Hall–Kier alpha value is -3.51. The molecule has 1 saturated heterocycles. The van der Waals surface area contributed by atoms with Gasteiger partial charge in [0.1, 0.15) is 11.5 Å². The molecule has 166 valence electrons. The number of aryl methyl sites for hydroxylation is 1. The minimum Gasteiger partial charge on any atom is -0.457 e. The molecule has 3 aromatic rings. The third-order valence-corrected chi connectivity index (χ3v) is 5.82. The lowest BCUT2D eigenvalue weighted by molar-refractivity contribution is 0.262. The third-order valence-electron chi connectivity index (χ3n) is 5.82. The van der Waals surface area contributed by atoms with E-state index in [1.807, 2.05) is 67.6 Å². The standard InChI is InChI=1S/C26H30N4O2/c1-19-6-4-5-7-25(19)32-24-14-10-21(11-15-24)28-26(31)27-20-8-12-22(13-9-20)30-17-16-23(18-30)29(2)3/h4-15,23H,16-18H2,1-3H3,(H2,27,28,31). The fraction of sp³-hybridized carbons (Fsp3) is 0.269. The molecule has 1 heterocycles. The van der Waals surface area contributed by atoms with Crippen LogP contribution in [0.2, 0.25) is 0 Å². The summed E-state index contributed by atoms with van der Waals surface area (Å²) in [5.74, 6) is 1.54. The van der Waals surface area contributed by atoms with Crippen LogP contribution < -0.4 is 20.3 Å². The van der Waals surface area contributed by atoms with E-state index >= 15 is 0 Å². The number of benzene rings is 3. The number of amides is 2. The maximum absolute atomic E-state index is 12.4. The lowest BCUT2D eigenvalue weighted by atomic mass is 10.2. The maximum atomic E-state index is 12.4. The molecule has 1 atom stereocenters. The van der Waals surface area contributed by atoms with Gasteiger partial charge in [0, 0.05) is 36.2 Å². The molecule has 32 heavy (non-hydrogen) atoms. The molecule has 1 aliphatic heterocycles. The van der Waals surface area contributed by atoms with Gasteiger partial charge in [-0.1, -0.05) is 18.2 Å². The molecule has 2 N–H and O–H groups in total. The summed E-state index contributed by atoms with van der Waals surface area (Å²) >= 11 is 0. The van der Waals surface area contributed by atoms with Crippen molar-refractivity contribution in [2.24, 2.45) is 0 Å². The van der Waals surface area contributed by atoms with Crippen LogP contribution in [-0.4, -0.2) is 44.2 Å². The number of nitrogens with zero attached hydrogens (tertiary/aromatic N) is 2. The van der Waals surface area contributed by atoms with E-state index in [1.54, 1.807) is 0 Å². The molecule has 0 aromatic heterocycles. The van der Waals surface area contributed by atoms with Crippen molar-refractivity contribution in [3.05, 3.63) is 78.4 Å². The molecule has 2 amide bonds. The van der Waals surface area contributed by atoms with Gasteiger partial charge in [0.25, 0.3) is 0 Å². The Morgan fingerprint density at radius 3 is 2.16 bits per heavy atom. The summed E-state index contributed by atoms with van der Waals surface area (Å²) in [6.07, 6.45) is 1.17. The van der Waals surface area contributed by atoms with E-state index in [0.29, 0.717) is 11.7 Å². The van der Waals surface area contributed by atoms with Crippen molar-refractivity contribution in [2.75, 3.05) is 42.7 Å². The van der Waals surface area contributed by atoms with E-state index in [1.165, 1.54) is 12.1 Å². The number of likely N-dealkylation sites (N-methyl/N-ethyl adjacent to an activating group) is 1. The third kappa shape index (κ3) is 5.39. The van der Waals surface area contributed by atoms with Gasteiger partial charge >= 0.3 is 6.03 Å². The highest BCUT2D eigenvalue weighted by molar-refractivity contribution is 5.99. The Kier molecular flexibility index (Phi) is 6.61.